The number of sulfonamides is 1. The SMILES string of the molecule is CCCNC(COC(C)C)CC1CCCN(S(C)(=O)=O)C1. The third kappa shape index (κ3) is 7.58. The molecule has 1 aliphatic heterocycles. The topological polar surface area (TPSA) is 58.6 Å². The van der Waals surface area contributed by atoms with Crippen molar-refractivity contribution in [2.75, 3.05) is 32.5 Å². The fourth-order valence-electron chi connectivity index (χ4n) is 2.79. The van der Waals surface area contributed by atoms with E-state index < -0.39 is 10.0 Å². The van der Waals surface area contributed by atoms with E-state index >= 15 is 0 Å². The maximum Gasteiger partial charge on any atom is 0.211 e. The molecule has 1 aliphatic rings. The lowest BCUT2D eigenvalue weighted by atomic mass is 9.92. The molecule has 1 fully saturated rings. The van der Waals surface area contributed by atoms with Crippen LogP contribution in [0.5, 0.6) is 0 Å². The minimum Gasteiger partial charge on any atom is -0.377 e. The predicted octanol–water partition coefficient (Wildman–Crippen LogP) is 1.84. The van der Waals surface area contributed by atoms with Crippen molar-refractivity contribution in [2.24, 2.45) is 5.92 Å². The second-order valence-electron chi connectivity index (χ2n) is 6.40. The van der Waals surface area contributed by atoms with Crippen LogP contribution in [0.3, 0.4) is 0 Å². The van der Waals surface area contributed by atoms with Gasteiger partial charge in [0.2, 0.25) is 10.0 Å². The molecule has 21 heavy (non-hydrogen) atoms. The summed E-state index contributed by atoms with van der Waals surface area (Å²) in [6, 6.07) is 0.317. The molecule has 1 saturated heterocycles. The third-order valence-electron chi connectivity index (χ3n) is 3.88. The van der Waals surface area contributed by atoms with Crippen LogP contribution in [0, 0.1) is 5.92 Å². The second-order valence-corrected chi connectivity index (χ2v) is 8.38. The molecule has 2 unspecified atom stereocenters. The highest BCUT2D eigenvalue weighted by Gasteiger charge is 2.27. The lowest BCUT2D eigenvalue weighted by Crippen LogP contribution is -2.43. The summed E-state index contributed by atoms with van der Waals surface area (Å²) in [6.07, 6.45) is 5.69. The summed E-state index contributed by atoms with van der Waals surface area (Å²) in [5, 5.41) is 3.53. The van der Waals surface area contributed by atoms with Gasteiger partial charge in [0.1, 0.15) is 0 Å². The van der Waals surface area contributed by atoms with Crippen LogP contribution in [-0.4, -0.2) is 57.4 Å². The molecule has 0 amide bonds. The fraction of sp³-hybridized carbons (Fsp3) is 1.00. The van der Waals surface area contributed by atoms with Crippen molar-refractivity contribution in [1.82, 2.24) is 9.62 Å². The summed E-state index contributed by atoms with van der Waals surface area (Å²) in [5.41, 5.74) is 0. The maximum absolute atomic E-state index is 11.7. The van der Waals surface area contributed by atoms with Crippen molar-refractivity contribution < 1.29 is 13.2 Å². The van der Waals surface area contributed by atoms with E-state index in [9.17, 15) is 8.42 Å². The normalized spacial score (nSPS) is 22.6. The van der Waals surface area contributed by atoms with Crippen LogP contribution in [0.25, 0.3) is 0 Å². The molecular formula is C15H32N2O3S. The van der Waals surface area contributed by atoms with Crippen molar-refractivity contribution in [3.8, 4) is 0 Å². The van der Waals surface area contributed by atoms with E-state index in [1.54, 1.807) is 4.31 Å². The van der Waals surface area contributed by atoms with Gasteiger partial charge in [-0.3, -0.25) is 0 Å². The summed E-state index contributed by atoms with van der Waals surface area (Å²) >= 11 is 0. The Kier molecular flexibility index (Phi) is 8.16. The Labute approximate surface area is 130 Å². The van der Waals surface area contributed by atoms with Crippen molar-refractivity contribution in [3.05, 3.63) is 0 Å². The van der Waals surface area contributed by atoms with Gasteiger partial charge in [-0.2, -0.15) is 0 Å². The highest BCUT2D eigenvalue weighted by Crippen LogP contribution is 2.23. The number of nitrogens with one attached hydrogen (secondary N) is 1. The number of hydrogen-bond donors (Lipinski definition) is 1. The summed E-state index contributed by atoms with van der Waals surface area (Å²) in [4.78, 5) is 0. The molecule has 0 saturated carbocycles. The summed E-state index contributed by atoms with van der Waals surface area (Å²) < 4.78 is 30.7. The van der Waals surface area contributed by atoms with Gasteiger partial charge in [-0.15, -0.1) is 0 Å². The summed E-state index contributed by atoms with van der Waals surface area (Å²) in [6.45, 7) is 9.25. The van der Waals surface area contributed by atoms with Gasteiger partial charge >= 0.3 is 0 Å². The first kappa shape index (κ1) is 18.9. The van der Waals surface area contributed by atoms with Crippen LogP contribution in [0.15, 0.2) is 0 Å². The molecule has 0 aliphatic carbocycles. The average molecular weight is 320 g/mol. The van der Waals surface area contributed by atoms with Gasteiger partial charge in [-0.1, -0.05) is 6.92 Å². The van der Waals surface area contributed by atoms with Crippen LogP contribution in [0.2, 0.25) is 0 Å². The van der Waals surface area contributed by atoms with Gasteiger partial charge in [0, 0.05) is 19.1 Å². The second kappa shape index (κ2) is 9.08. The summed E-state index contributed by atoms with van der Waals surface area (Å²) in [7, 11) is -3.06. The maximum atomic E-state index is 11.7. The Balaban J connectivity index is 2.51. The molecule has 1 N–H and O–H groups in total. The first-order chi connectivity index (χ1) is 9.82. The quantitative estimate of drug-likeness (QED) is 0.704. The first-order valence-corrected chi connectivity index (χ1v) is 9.97. The van der Waals surface area contributed by atoms with Gasteiger partial charge in [-0.25, -0.2) is 12.7 Å². The van der Waals surface area contributed by atoms with Gasteiger partial charge in [-0.05, 0) is 52.0 Å². The smallest absolute Gasteiger partial charge is 0.211 e. The monoisotopic (exact) mass is 320 g/mol. The Morgan fingerprint density at radius 3 is 2.67 bits per heavy atom. The molecule has 2 atom stereocenters. The van der Waals surface area contributed by atoms with Crippen LogP contribution in [-0.2, 0) is 14.8 Å². The molecule has 126 valence electrons. The standard InChI is InChI=1S/C15H32N2O3S/c1-5-8-16-15(12-20-13(2)3)10-14-7-6-9-17(11-14)21(4,18)19/h13-16H,5-12H2,1-4H3. The molecule has 6 heteroatoms. The Hall–Kier alpha value is -0.170. The lowest BCUT2D eigenvalue weighted by molar-refractivity contribution is 0.0536. The van der Waals surface area contributed by atoms with Crippen molar-refractivity contribution in [1.29, 1.82) is 0 Å². The highest BCUT2D eigenvalue weighted by atomic mass is 32.2. The zero-order valence-electron chi connectivity index (χ0n) is 14.0. The van der Waals surface area contributed by atoms with E-state index in [0.717, 1.165) is 32.2 Å². The van der Waals surface area contributed by atoms with Gasteiger partial charge < -0.3 is 10.1 Å². The predicted molar refractivity (Wildman–Crippen MR) is 86.9 cm³/mol. The molecule has 0 aromatic rings. The number of hydrogen-bond acceptors (Lipinski definition) is 4. The van der Waals surface area contributed by atoms with Crippen LogP contribution in [0.4, 0.5) is 0 Å². The average Bonchev–Trinajstić information content (AvgIpc) is 2.41. The van der Waals surface area contributed by atoms with Gasteiger partial charge in [0.15, 0.2) is 0 Å². The number of ether oxygens (including phenoxy) is 1. The Morgan fingerprint density at radius 1 is 1.38 bits per heavy atom. The molecule has 0 bridgehead atoms. The minimum atomic E-state index is -3.06. The number of nitrogens with zero attached hydrogens (tertiary/aromatic N) is 1. The van der Waals surface area contributed by atoms with E-state index in [4.69, 9.17) is 4.74 Å². The van der Waals surface area contributed by atoms with Gasteiger partial charge in [0.25, 0.3) is 0 Å². The molecule has 5 nitrogen and oxygen atoms in total. The van der Waals surface area contributed by atoms with Crippen molar-refractivity contribution in [2.45, 2.75) is 58.6 Å². The Bertz CT molecular complexity index is 384. The molecule has 0 aromatic heterocycles. The number of rotatable bonds is 9. The van der Waals surface area contributed by atoms with E-state index in [1.807, 2.05) is 13.8 Å². The van der Waals surface area contributed by atoms with E-state index in [1.165, 1.54) is 6.26 Å². The molecule has 0 radical (unpaired) electrons. The highest BCUT2D eigenvalue weighted by molar-refractivity contribution is 7.88. The molecular weight excluding hydrogens is 288 g/mol. The zero-order valence-corrected chi connectivity index (χ0v) is 14.8. The van der Waals surface area contributed by atoms with Crippen molar-refractivity contribution in [3.63, 3.8) is 0 Å². The number of piperidine rings is 1. The summed E-state index contributed by atoms with van der Waals surface area (Å²) in [5.74, 6) is 0.429. The fourth-order valence-corrected chi connectivity index (χ4v) is 3.73. The molecule has 0 aromatic carbocycles. The van der Waals surface area contributed by atoms with E-state index in [0.29, 0.717) is 31.7 Å². The van der Waals surface area contributed by atoms with Crippen LogP contribution >= 0.6 is 0 Å². The van der Waals surface area contributed by atoms with E-state index in [2.05, 4.69) is 12.2 Å². The van der Waals surface area contributed by atoms with Crippen LogP contribution in [0.1, 0.15) is 46.5 Å². The third-order valence-corrected chi connectivity index (χ3v) is 5.15. The molecule has 1 rings (SSSR count). The Morgan fingerprint density at radius 2 is 2.10 bits per heavy atom. The minimum absolute atomic E-state index is 0.231. The largest absolute Gasteiger partial charge is 0.377 e. The zero-order chi connectivity index (χ0) is 15.9. The molecule has 1 heterocycles. The van der Waals surface area contributed by atoms with Crippen LogP contribution < -0.4 is 5.32 Å². The lowest BCUT2D eigenvalue weighted by Gasteiger charge is -2.33. The molecule has 0 spiro atoms. The van der Waals surface area contributed by atoms with Gasteiger partial charge in [0.05, 0.1) is 19.0 Å². The van der Waals surface area contributed by atoms with E-state index in [-0.39, 0.29) is 6.10 Å². The first-order valence-electron chi connectivity index (χ1n) is 8.13. The van der Waals surface area contributed by atoms with Crippen molar-refractivity contribution >= 4 is 10.0 Å².